The molecule has 0 saturated heterocycles. The zero-order chi connectivity index (χ0) is 14.8. The summed E-state index contributed by atoms with van der Waals surface area (Å²) in [6, 6.07) is 13.9. The minimum atomic E-state index is -1.03. The molecule has 3 rings (SSSR count). The molecular formula is C15H9BrN2O3. The van der Waals surface area contributed by atoms with Crippen LogP contribution < -0.4 is 0 Å². The van der Waals surface area contributed by atoms with Crippen LogP contribution in [0.3, 0.4) is 0 Å². The molecule has 0 amide bonds. The third kappa shape index (κ3) is 2.71. The first-order valence-corrected chi connectivity index (χ1v) is 6.86. The maximum atomic E-state index is 11.2. The van der Waals surface area contributed by atoms with Crippen molar-refractivity contribution in [3.8, 4) is 22.9 Å². The number of aromatic carboxylic acids is 1. The average molecular weight is 345 g/mol. The predicted octanol–water partition coefficient (Wildman–Crippen LogP) is 3.86. The predicted molar refractivity (Wildman–Crippen MR) is 79.8 cm³/mol. The van der Waals surface area contributed by atoms with E-state index in [-0.39, 0.29) is 11.5 Å². The van der Waals surface area contributed by atoms with Crippen molar-refractivity contribution in [1.29, 1.82) is 0 Å². The van der Waals surface area contributed by atoms with Gasteiger partial charge in [0.1, 0.15) is 0 Å². The summed E-state index contributed by atoms with van der Waals surface area (Å²) in [4.78, 5) is 11.2. The van der Waals surface area contributed by atoms with Gasteiger partial charge in [-0.15, -0.1) is 10.2 Å². The molecule has 0 bridgehead atoms. The van der Waals surface area contributed by atoms with Crippen molar-refractivity contribution in [3.05, 3.63) is 58.6 Å². The van der Waals surface area contributed by atoms with Gasteiger partial charge in [0, 0.05) is 10.0 Å². The average Bonchev–Trinajstić information content (AvgIpc) is 2.97. The third-order valence-corrected chi connectivity index (χ3v) is 3.43. The van der Waals surface area contributed by atoms with Gasteiger partial charge in [0.05, 0.1) is 11.1 Å². The molecule has 1 aromatic heterocycles. The summed E-state index contributed by atoms with van der Waals surface area (Å²) in [6.07, 6.45) is 0. The summed E-state index contributed by atoms with van der Waals surface area (Å²) < 4.78 is 6.53. The Morgan fingerprint density at radius 3 is 2.38 bits per heavy atom. The molecule has 0 fully saturated rings. The van der Waals surface area contributed by atoms with Crippen LogP contribution in [-0.4, -0.2) is 21.3 Å². The third-order valence-electron chi connectivity index (χ3n) is 2.90. The molecule has 21 heavy (non-hydrogen) atoms. The quantitative estimate of drug-likeness (QED) is 0.780. The number of carbonyl (C=O) groups is 1. The molecule has 2 aromatic carbocycles. The fraction of sp³-hybridized carbons (Fsp3) is 0. The minimum Gasteiger partial charge on any atom is -0.478 e. The van der Waals surface area contributed by atoms with Crippen molar-refractivity contribution in [2.24, 2.45) is 0 Å². The fourth-order valence-electron chi connectivity index (χ4n) is 1.90. The number of nitrogens with zero attached hydrogens (tertiary/aromatic N) is 2. The highest BCUT2D eigenvalue weighted by Gasteiger charge is 2.16. The van der Waals surface area contributed by atoms with E-state index in [1.54, 1.807) is 18.2 Å². The molecule has 5 nitrogen and oxygen atoms in total. The van der Waals surface area contributed by atoms with Crippen LogP contribution >= 0.6 is 15.9 Å². The van der Waals surface area contributed by atoms with Gasteiger partial charge in [-0.25, -0.2) is 4.79 Å². The maximum Gasteiger partial charge on any atom is 0.336 e. The Balaban J connectivity index is 2.03. The Labute approximate surface area is 128 Å². The molecule has 0 saturated carbocycles. The van der Waals surface area contributed by atoms with Crippen molar-refractivity contribution in [2.45, 2.75) is 0 Å². The van der Waals surface area contributed by atoms with Gasteiger partial charge < -0.3 is 9.52 Å². The Morgan fingerprint density at radius 2 is 1.67 bits per heavy atom. The second-order valence-corrected chi connectivity index (χ2v) is 5.19. The van der Waals surface area contributed by atoms with Crippen molar-refractivity contribution >= 4 is 21.9 Å². The molecule has 3 aromatic rings. The van der Waals surface area contributed by atoms with Crippen molar-refractivity contribution in [3.63, 3.8) is 0 Å². The Morgan fingerprint density at radius 1 is 1.00 bits per heavy atom. The van der Waals surface area contributed by atoms with E-state index >= 15 is 0 Å². The van der Waals surface area contributed by atoms with E-state index in [0.717, 1.165) is 10.0 Å². The molecule has 0 radical (unpaired) electrons. The molecule has 0 atom stereocenters. The van der Waals surface area contributed by atoms with Gasteiger partial charge in [0.15, 0.2) is 0 Å². The molecule has 104 valence electrons. The topological polar surface area (TPSA) is 76.2 Å². The Kier molecular flexibility index (Phi) is 3.53. The first-order chi connectivity index (χ1) is 10.1. The number of rotatable bonds is 3. The molecular weight excluding hydrogens is 336 g/mol. The Hall–Kier alpha value is -2.47. The van der Waals surface area contributed by atoms with Crippen molar-refractivity contribution in [1.82, 2.24) is 10.2 Å². The number of hydrogen-bond acceptors (Lipinski definition) is 4. The summed E-state index contributed by atoms with van der Waals surface area (Å²) in [5.74, 6) is -0.502. The van der Waals surface area contributed by atoms with Gasteiger partial charge in [-0.1, -0.05) is 28.1 Å². The van der Waals surface area contributed by atoms with E-state index in [1.807, 2.05) is 24.3 Å². The van der Waals surface area contributed by atoms with Gasteiger partial charge in [-0.2, -0.15) is 0 Å². The molecule has 6 heteroatoms. The highest BCUT2D eigenvalue weighted by Crippen LogP contribution is 2.27. The SMILES string of the molecule is O=C(O)c1ccccc1-c1nnc(-c2ccc(Br)cc2)o1. The van der Waals surface area contributed by atoms with Crippen LogP contribution in [0.2, 0.25) is 0 Å². The van der Waals surface area contributed by atoms with Crippen LogP contribution in [0.4, 0.5) is 0 Å². The second-order valence-electron chi connectivity index (χ2n) is 4.27. The normalized spacial score (nSPS) is 10.5. The molecule has 0 unspecified atom stereocenters. The van der Waals surface area contributed by atoms with Crippen LogP contribution in [0.15, 0.2) is 57.4 Å². The van der Waals surface area contributed by atoms with Gasteiger partial charge in [-0.05, 0) is 36.4 Å². The van der Waals surface area contributed by atoms with Crippen LogP contribution in [0, 0.1) is 0 Å². The van der Waals surface area contributed by atoms with E-state index < -0.39 is 5.97 Å². The first kappa shape index (κ1) is 13.5. The maximum absolute atomic E-state index is 11.2. The number of halogens is 1. The van der Waals surface area contributed by atoms with E-state index in [0.29, 0.717) is 11.5 Å². The molecule has 0 spiro atoms. The smallest absolute Gasteiger partial charge is 0.336 e. The van der Waals surface area contributed by atoms with Crippen LogP contribution in [0.25, 0.3) is 22.9 Å². The highest BCUT2D eigenvalue weighted by molar-refractivity contribution is 9.10. The zero-order valence-electron chi connectivity index (χ0n) is 10.7. The number of carboxylic acids is 1. The second kappa shape index (κ2) is 5.49. The van der Waals surface area contributed by atoms with Crippen molar-refractivity contribution < 1.29 is 14.3 Å². The molecule has 1 heterocycles. The fourth-order valence-corrected chi connectivity index (χ4v) is 2.16. The Bertz CT molecular complexity index is 797. The number of benzene rings is 2. The van der Waals surface area contributed by atoms with E-state index in [2.05, 4.69) is 26.1 Å². The van der Waals surface area contributed by atoms with Crippen molar-refractivity contribution in [2.75, 3.05) is 0 Å². The number of hydrogen-bond donors (Lipinski definition) is 1. The lowest BCUT2D eigenvalue weighted by Crippen LogP contribution is -1.98. The summed E-state index contributed by atoms with van der Waals surface area (Å²) in [5.41, 5.74) is 1.30. The van der Waals surface area contributed by atoms with Gasteiger partial charge in [0.25, 0.3) is 0 Å². The molecule has 0 aliphatic heterocycles. The summed E-state index contributed by atoms with van der Waals surface area (Å²) in [6.45, 7) is 0. The molecule has 0 aliphatic carbocycles. The lowest BCUT2D eigenvalue weighted by Gasteiger charge is -2.00. The molecule has 0 aliphatic rings. The minimum absolute atomic E-state index is 0.128. The van der Waals surface area contributed by atoms with Crippen LogP contribution in [0.1, 0.15) is 10.4 Å². The largest absolute Gasteiger partial charge is 0.478 e. The standard InChI is InChI=1S/C15H9BrN2O3/c16-10-7-5-9(6-8-10)13-17-18-14(21-13)11-3-1-2-4-12(11)15(19)20/h1-8H,(H,19,20). The molecule has 1 N–H and O–H groups in total. The summed E-state index contributed by atoms with van der Waals surface area (Å²) >= 11 is 3.35. The van der Waals surface area contributed by atoms with E-state index in [9.17, 15) is 9.90 Å². The van der Waals surface area contributed by atoms with Gasteiger partial charge in [-0.3, -0.25) is 0 Å². The lowest BCUT2D eigenvalue weighted by atomic mass is 10.1. The first-order valence-electron chi connectivity index (χ1n) is 6.07. The van der Waals surface area contributed by atoms with E-state index in [1.165, 1.54) is 6.07 Å². The number of aromatic nitrogens is 2. The highest BCUT2D eigenvalue weighted by atomic mass is 79.9. The van der Waals surface area contributed by atoms with Gasteiger partial charge in [0.2, 0.25) is 11.8 Å². The van der Waals surface area contributed by atoms with Gasteiger partial charge >= 0.3 is 5.97 Å². The monoisotopic (exact) mass is 344 g/mol. The summed E-state index contributed by atoms with van der Waals surface area (Å²) in [5, 5.41) is 17.1. The van der Waals surface area contributed by atoms with Crippen LogP contribution in [0.5, 0.6) is 0 Å². The van der Waals surface area contributed by atoms with E-state index in [4.69, 9.17) is 4.42 Å². The lowest BCUT2D eigenvalue weighted by molar-refractivity contribution is 0.0697. The summed E-state index contributed by atoms with van der Waals surface area (Å²) in [7, 11) is 0. The van der Waals surface area contributed by atoms with Crippen LogP contribution in [-0.2, 0) is 0 Å². The zero-order valence-corrected chi connectivity index (χ0v) is 12.2. The number of carboxylic acid groups (broad SMARTS) is 1.